The van der Waals surface area contributed by atoms with Crippen LogP contribution in [0.15, 0.2) is 24.4 Å². The van der Waals surface area contributed by atoms with Gasteiger partial charge in [0.05, 0.1) is 44.8 Å². The molecule has 5 aromatic rings. The van der Waals surface area contributed by atoms with Gasteiger partial charge in [0.15, 0.2) is 5.82 Å². The van der Waals surface area contributed by atoms with E-state index in [2.05, 4.69) is 15.0 Å². The summed E-state index contributed by atoms with van der Waals surface area (Å²) >= 11 is 0.632. The minimum Gasteiger partial charge on any atom is -0.490 e. The molecule has 1 spiro atoms. The molecule has 0 amide bonds. The molecule has 0 bridgehead atoms. The van der Waals surface area contributed by atoms with E-state index in [-0.39, 0.29) is 70.4 Å². The zero-order valence-electron chi connectivity index (χ0n) is 29.9. The van der Waals surface area contributed by atoms with Gasteiger partial charge in [-0.2, -0.15) is 33.7 Å². The highest BCUT2D eigenvalue weighted by atomic mass is 32.1. The van der Waals surface area contributed by atoms with Crippen LogP contribution in [0, 0.1) is 39.7 Å². The Morgan fingerprint density at radius 2 is 1.86 bits per heavy atom. The molecule has 6 heterocycles. The molecule has 9 rings (SSSR count). The van der Waals surface area contributed by atoms with E-state index in [1.54, 1.807) is 13.0 Å². The highest BCUT2D eigenvalue weighted by Crippen LogP contribution is 2.69. The van der Waals surface area contributed by atoms with Gasteiger partial charge in [-0.25, -0.2) is 22.5 Å². The van der Waals surface area contributed by atoms with Crippen molar-refractivity contribution >= 4 is 49.0 Å². The van der Waals surface area contributed by atoms with E-state index in [4.69, 9.17) is 20.9 Å². The maximum absolute atomic E-state index is 17.5. The van der Waals surface area contributed by atoms with Crippen LogP contribution in [0.4, 0.5) is 47.4 Å². The van der Waals surface area contributed by atoms with Gasteiger partial charge in [0, 0.05) is 35.7 Å². The van der Waals surface area contributed by atoms with Crippen molar-refractivity contribution in [3.05, 3.63) is 58.3 Å². The van der Waals surface area contributed by atoms with Gasteiger partial charge in [0.2, 0.25) is 0 Å². The Kier molecular flexibility index (Phi) is 8.05. The number of thiophene rings is 1. The average molecular weight is 810 g/mol. The lowest BCUT2D eigenvalue weighted by Gasteiger charge is -2.32. The fourth-order valence-electron chi connectivity index (χ4n) is 9.15. The number of nitrogens with zero attached hydrogens (tertiary/aromatic N) is 7. The third kappa shape index (κ3) is 5.42. The lowest BCUT2D eigenvalue weighted by Crippen LogP contribution is -2.43. The van der Waals surface area contributed by atoms with Crippen LogP contribution in [0.5, 0.6) is 11.8 Å². The largest absolute Gasteiger partial charge is 0.490 e. The predicted molar refractivity (Wildman–Crippen MR) is 195 cm³/mol. The number of benzene rings is 2. The van der Waals surface area contributed by atoms with E-state index in [0.717, 1.165) is 18.6 Å². The number of fused-ring (bicyclic) bond motifs is 2. The molecule has 2 aromatic carbocycles. The summed E-state index contributed by atoms with van der Waals surface area (Å²) in [6.45, 7) is 1.69. The van der Waals surface area contributed by atoms with E-state index >= 15 is 22.0 Å². The molecule has 57 heavy (non-hydrogen) atoms. The van der Waals surface area contributed by atoms with Gasteiger partial charge >= 0.3 is 12.2 Å². The molecule has 1 saturated carbocycles. The molecule has 1 unspecified atom stereocenters. The van der Waals surface area contributed by atoms with Crippen molar-refractivity contribution in [3.8, 4) is 35.0 Å². The summed E-state index contributed by atoms with van der Waals surface area (Å²) in [6, 6.07) is 5.77. The number of ether oxygens (including phenoxy) is 2. The second-order valence-electron chi connectivity index (χ2n) is 15.1. The molecule has 19 heteroatoms. The highest BCUT2D eigenvalue weighted by molar-refractivity contribution is 7.23. The summed E-state index contributed by atoms with van der Waals surface area (Å²) in [6.07, 6.45) is -2.88. The number of aromatic nitrogens is 3. The highest BCUT2D eigenvalue weighted by Gasteiger charge is 2.77. The Balaban J connectivity index is 1.29. The van der Waals surface area contributed by atoms with E-state index in [1.807, 2.05) is 11.0 Å². The Morgan fingerprint density at radius 1 is 1.09 bits per heavy atom. The Morgan fingerprint density at radius 3 is 2.56 bits per heavy atom. The zero-order chi connectivity index (χ0) is 40.4. The average Bonchev–Trinajstić information content (AvgIpc) is 3.41. The van der Waals surface area contributed by atoms with Gasteiger partial charge in [0.25, 0.3) is 5.92 Å². The summed E-state index contributed by atoms with van der Waals surface area (Å²) in [5.41, 5.74) is 6.63. The molecule has 3 aliphatic heterocycles. The van der Waals surface area contributed by atoms with Crippen LogP contribution in [-0.4, -0.2) is 64.2 Å². The second-order valence-corrected chi connectivity index (χ2v) is 16.2. The van der Waals surface area contributed by atoms with Crippen molar-refractivity contribution in [2.75, 3.05) is 49.2 Å². The van der Waals surface area contributed by atoms with Crippen molar-refractivity contribution in [1.82, 2.24) is 19.9 Å². The quantitative estimate of drug-likeness (QED) is 0.162. The molecule has 0 radical (unpaired) electrons. The van der Waals surface area contributed by atoms with Crippen LogP contribution < -0.4 is 25.8 Å². The van der Waals surface area contributed by atoms with E-state index in [9.17, 15) is 19.3 Å². The van der Waals surface area contributed by atoms with Crippen molar-refractivity contribution in [2.45, 2.75) is 56.3 Å². The van der Waals surface area contributed by atoms with Crippen LogP contribution in [0.25, 0.3) is 32.1 Å². The van der Waals surface area contributed by atoms with Crippen LogP contribution in [0.2, 0.25) is 0 Å². The molecule has 294 valence electrons. The van der Waals surface area contributed by atoms with Crippen molar-refractivity contribution < 1.29 is 40.2 Å². The van der Waals surface area contributed by atoms with Gasteiger partial charge in [0.1, 0.15) is 64.6 Å². The normalized spacial score (nSPS) is 22.9. The maximum atomic E-state index is 17.5. The summed E-state index contributed by atoms with van der Waals surface area (Å²) in [5, 5.41) is 18.6. The fraction of sp³-hybridized carbons (Fsp3) is 0.395. The first-order valence-corrected chi connectivity index (χ1v) is 18.7. The molecule has 3 atom stereocenters. The Bertz CT molecular complexity index is 2640. The molecule has 2 saturated heterocycles. The van der Waals surface area contributed by atoms with E-state index in [1.165, 1.54) is 17.2 Å². The molecular weight excluding hydrogens is 780 g/mol. The first-order chi connectivity index (χ1) is 27.0. The van der Waals surface area contributed by atoms with Crippen molar-refractivity contribution in [1.29, 1.82) is 10.5 Å². The summed E-state index contributed by atoms with van der Waals surface area (Å²) in [5.74, 6) is -6.24. The lowest BCUT2D eigenvalue weighted by molar-refractivity contribution is -0.138. The van der Waals surface area contributed by atoms with E-state index < -0.39 is 86.7 Å². The maximum Gasteiger partial charge on any atom is 0.420 e. The monoisotopic (exact) mass is 809 g/mol. The molecule has 1 aliphatic carbocycles. The minimum absolute atomic E-state index is 0.0160. The number of anilines is 3. The van der Waals surface area contributed by atoms with Crippen molar-refractivity contribution in [2.24, 2.45) is 5.41 Å². The zero-order valence-corrected chi connectivity index (χ0v) is 30.7. The minimum atomic E-state index is -5.30. The smallest absolute Gasteiger partial charge is 0.420 e. The fourth-order valence-corrected chi connectivity index (χ4v) is 10.1. The number of halogens is 7. The number of pyridine rings is 1. The first-order valence-electron chi connectivity index (χ1n) is 17.9. The number of hydrogen-bond donors (Lipinski definition) is 2. The molecule has 4 aliphatic rings. The second kappa shape index (κ2) is 12.4. The summed E-state index contributed by atoms with van der Waals surface area (Å²) in [4.78, 5) is 16.5. The Labute approximate surface area is 323 Å². The van der Waals surface area contributed by atoms with Crippen LogP contribution >= 0.6 is 11.3 Å². The topological polar surface area (TPSA) is 163 Å². The van der Waals surface area contributed by atoms with Gasteiger partial charge in [-0.3, -0.25) is 4.90 Å². The number of rotatable bonds is 6. The van der Waals surface area contributed by atoms with Crippen molar-refractivity contribution in [3.63, 3.8) is 0 Å². The van der Waals surface area contributed by atoms with Crippen LogP contribution in [0.1, 0.15) is 60.9 Å². The van der Waals surface area contributed by atoms with Gasteiger partial charge in [-0.1, -0.05) is 6.07 Å². The van der Waals surface area contributed by atoms with Crippen LogP contribution in [0.3, 0.4) is 0 Å². The number of alkyl halides is 5. The number of nitriles is 2. The molecule has 11 nitrogen and oxygen atoms in total. The molecule has 3 aromatic heterocycles. The van der Waals surface area contributed by atoms with Gasteiger partial charge < -0.3 is 25.8 Å². The van der Waals surface area contributed by atoms with Gasteiger partial charge in [-0.05, 0) is 50.4 Å². The lowest BCUT2D eigenvalue weighted by atomic mass is 9.89. The Hall–Kier alpha value is -5.66. The standard InChI is InChI=1S/C38H30F7N9O2S/c1-17(20-9-18(10-46)12-50-31(20)48)54-7-8-55-29-25-28(51-34(52-33(25)54)56-16-36-5-2-6-53(36)15-35(13-36)14-37(35,41)42)27(40)24(26(29)38(43,44)45)19-3-4-22(39)30-23(19)21(11-47)32(49)57-30/h3-4,9,12,17H,2,5-8,13-16,49H2,1H3,(H2,48,50)/t17-,35+,36?/m1/s1. The van der Waals surface area contributed by atoms with Crippen LogP contribution in [-0.2, 0) is 6.18 Å². The first kappa shape index (κ1) is 36.9. The third-order valence-electron chi connectivity index (χ3n) is 11.9. The number of nitrogen functional groups attached to an aromatic ring is 2. The van der Waals surface area contributed by atoms with E-state index in [0.29, 0.717) is 29.9 Å². The molecular formula is C38H30F7N9O2S. The number of nitrogens with two attached hydrogens (primary N) is 2. The molecule has 3 fully saturated rings. The van der Waals surface area contributed by atoms with Gasteiger partial charge in [-0.15, -0.1) is 11.3 Å². The summed E-state index contributed by atoms with van der Waals surface area (Å²) in [7, 11) is 0. The number of hydrogen-bond acceptors (Lipinski definition) is 12. The summed E-state index contributed by atoms with van der Waals surface area (Å²) < 4.78 is 120. The predicted octanol–water partition coefficient (Wildman–Crippen LogP) is 7.71. The SMILES string of the molecule is C[C@H](c1cc(C#N)cnc1N)N1CCOc2c(C(F)(F)F)c(-c3ccc(F)c4sc(N)c(C#N)c34)c(F)c3nc(OCC45CCCN4C[C@]4(C5)CC4(F)F)nc1c23. The molecule has 4 N–H and O–H groups in total. The third-order valence-corrected chi connectivity index (χ3v) is 12.9.